The molecule has 0 bridgehead atoms. The molecular weight excluding hydrogens is 395 g/mol. The molecule has 10 heteroatoms. The smallest absolute Gasteiger partial charge is 0.414 e. The summed E-state index contributed by atoms with van der Waals surface area (Å²) in [4.78, 5) is 37.8. The highest BCUT2D eigenvalue weighted by Crippen LogP contribution is 2.32. The van der Waals surface area contributed by atoms with E-state index in [0.717, 1.165) is 0 Å². The molecule has 2 fully saturated rings. The first-order chi connectivity index (χ1) is 14.3. The van der Waals surface area contributed by atoms with Crippen LogP contribution >= 0.6 is 0 Å². The number of nitrogens with zero attached hydrogens (tertiary/aromatic N) is 2. The van der Waals surface area contributed by atoms with E-state index >= 15 is 0 Å². The quantitative estimate of drug-likeness (QED) is 0.724. The summed E-state index contributed by atoms with van der Waals surface area (Å²) in [6.07, 6.45) is -1.53. The fraction of sp³-hybridized carbons (Fsp3) is 0.550. The normalized spacial score (nSPS) is 23.3. The highest BCUT2D eigenvalue weighted by molar-refractivity contribution is 5.90. The molecule has 2 aliphatic heterocycles. The molecule has 164 valence electrons. The zero-order valence-corrected chi connectivity index (χ0v) is 17.3. The minimum absolute atomic E-state index is 0.172. The number of carbonyl (C=O) groups is 3. The molecule has 1 aromatic carbocycles. The Labute approximate surface area is 174 Å². The SMILES string of the molecule is COC(=O)NC[C@@H]1CN(c2ccc(N3C[C@H](CNC(C)=O)OC3=O)cc2F)C[C@@H]1C. The molecule has 30 heavy (non-hydrogen) atoms. The van der Waals surface area contributed by atoms with Gasteiger partial charge in [-0.25, -0.2) is 14.0 Å². The molecule has 0 saturated carbocycles. The molecule has 0 spiro atoms. The molecule has 2 heterocycles. The molecule has 2 aliphatic rings. The topological polar surface area (TPSA) is 100 Å². The van der Waals surface area contributed by atoms with E-state index in [1.54, 1.807) is 12.1 Å². The highest BCUT2D eigenvalue weighted by Gasteiger charge is 2.34. The molecule has 2 N–H and O–H groups in total. The van der Waals surface area contributed by atoms with Crippen molar-refractivity contribution in [1.29, 1.82) is 0 Å². The molecular formula is C20H27FN4O5. The van der Waals surface area contributed by atoms with Crippen molar-refractivity contribution in [3.63, 3.8) is 0 Å². The first-order valence-electron chi connectivity index (χ1n) is 9.87. The molecule has 0 aliphatic carbocycles. The Morgan fingerprint density at radius 1 is 1.23 bits per heavy atom. The van der Waals surface area contributed by atoms with Crippen LogP contribution in [0.15, 0.2) is 18.2 Å². The van der Waals surface area contributed by atoms with Crippen LogP contribution < -0.4 is 20.4 Å². The van der Waals surface area contributed by atoms with Crippen LogP contribution in [0.3, 0.4) is 0 Å². The largest absolute Gasteiger partial charge is 0.453 e. The van der Waals surface area contributed by atoms with Crippen LogP contribution in [0.4, 0.5) is 25.4 Å². The second-order valence-electron chi connectivity index (χ2n) is 7.70. The number of carbonyl (C=O) groups excluding carboxylic acids is 3. The lowest BCUT2D eigenvalue weighted by molar-refractivity contribution is -0.119. The van der Waals surface area contributed by atoms with Gasteiger partial charge in [-0.3, -0.25) is 9.69 Å². The molecule has 0 radical (unpaired) electrons. The molecule has 3 rings (SSSR count). The fourth-order valence-corrected chi connectivity index (χ4v) is 3.80. The van der Waals surface area contributed by atoms with Crippen molar-refractivity contribution < 1.29 is 28.2 Å². The van der Waals surface area contributed by atoms with Gasteiger partial charge in [0.15, 0.2) is 0 Å². The Morgan fingerprint density at radius 3 is 2.67 bits per heavy atom. The average molecular weight is 422 g/mol. The third-order valence-corrected chi connectivity index (χ3v) is 5.50. The van der Waals surface area contributed by atoms with Crippen molar-refractivity contribution in [3.05, 3.63) is 24.0 Å². The first-order valence-corrected chi connectivity index (χ1v) is 9.87. The van der Waals surface area contributed by atoms with E-state index in [2.05, 4.69) is 22.3 Å². The van der Waals surface area contributed by atoms with Crippen LogP contribution in [0.2, 0.25) is 0 Å². The number of amides is 3. The first kappa shape index (κ1) is 21.7. The van der Waals surface area contributed by atoms with Crippen LogP contribution in [0.1, 0.15) is 13.8 Å². The van der Waals surface area contributed by atoms with Crippen molar-refractivity contribution in [2.75, 3.05) is 49.6 Å². The van der Waals surface area contributed by atoms with E-state index in [9.17, 15) is 18.8 Å². The van der Waals surface area contributed by atoms with Crippen molar-refractivity contribution in [2.24, 2.45) is 11.8 Å². The summed E-state index contributed by atoms with van der Waals surface area (Å²) in [5.41, 5.74) is 0.858. The van der Waals surface area contributed by atoms with Gasteiger partial charge < -0.3 is 25.0 Å². The van der Waals surface area contributed by atoms with Gasteiger partial charge >= 0.3 is 12.2 Å². The number of hydrogen-bond acceptors (Lipinski definition) is 6. The Hall–Kier alpha value is -3.04. The number of cyclic esters (lactones) is 1. The van der Waals surface area contributed by atoms with E-state index in [1.165, 1.54) is 25.0 Å². The van der Waals surface area contributed by atoms with Crippen LogP contribution in [-0.4, -0.2) is 64.0 Å². The van der Waals surface area contributed by atoms with Crippen LogP contribution in [0, 0.1) is 17.7 Å². The van der Waals surface area contributed by atoms with E-state index in [4.69, 9.17) is 4.74 Å². The fourth-order valence-electron chi connectivity index (χ4n) is 3.80. The van der Waals surface area contributed by atoms with Crippen molar-refractivity contribution in [3.8, 4) is 0 Å². The minimum Gasteiger partial charge on any atom is -0.453 e. The van der Waals surface area contributed by atoms with Gasteiger partial charge in [-0.15, -0.1) is 0 Å². The van der Waals surface area contributed by atoms with Gasteiger partial charge in [-0.05, 0) is 30.0 Å². The Morgan fingerprint density at radius 2 is 2.00 bits per heavy atom. The van der Waals surface area contributed by atoms with E-state index in [1.807, 2.05) is 4.90 Å². The lowest BCUT2D eigenvalue weighted by Gasteiger charge is -2.21. The van der Waals surface area contributed by atoms with Gasteiger partial charge in [0, 0.05) is 26.6 Å². The maximum absolute atomic E-state index is 14.9. The lowest BCUT2D eigenvalue weighted by atomic mass is 9.98. The van der Waals surface area contributed by atoms with Crippen molar-refractivity contribution in [2.45, 2.75) is 20.0 Å². The zero-order valence-electron chi connectivity index (χ0n) is 17.3. The number of hydrogen-bond donors (Lipinski definition) is 2. The van der Waals surface area contributed by atoms with E-state index in [0.29, 0.717) is 31.0 Å². The molecule has 2 saturated heterocycles. The molecule has 0 unspecified atom stereocenters. The lowest BCUT2D eigenvalue weighted by Crippen LogP contribution is -2.33. The maximum Gasteiger partial charge on any atom is 0.414 e. The molecule has 3 amide bonds. The summed E-state index contributed by atoms with van der Waals surface area (Å²) >= 11 is 0. The predicted molar refractivity (Wildman–Crippen MR) is 108 cm³/mol. The molecule has 3 atom stereocenters. The Bertz CT molecular complexity index is 820. The number of benzene rings is 1. The van der Waals surface area contributed by atoms with Gasteiger partial charge in [0.1, 0.15) is 11.9 Å². The van der Waals surface area contributed by atoms with Crippen LogP contribution in [-0.2, 0) is 14.3 Å². The number of halogens is 1. The number of alkyl carbamates (subject to hydrolysis) is 1. The number of ether oxygens (including phenoxy) is 2. The van der Waals surface area contributed by atoms with E-state index < -0.39 is 24.1 Å². The number of nitrogens with one attached hydrogen (secondary N) is 2. The molecule has 9 nitrogen and oxygen atoms in total. The summed E-state index contributed by atoms with van der Waals surface area (Å²) in [6, 6.07) is 4.66. The van der Waals surface area contributed by atoms with Gasteiger partial charge in [0.05, 0.1) is 31.6 Å². The zero-order chi connectivity index (χ0) is 21.8. The van der Waals surface area contributed by atoms with E-state index in [-0.39, 0.29) is 30.8 Å². The van der Waals surface area contributed by atoms with Crippen LogP contribution in [0.25, 0.3) is 0 Å². The highest BCUT2D eigenvalue weighted by atomic mass is 19.1. The standard InChI is InChI=1S/C20H27FN4O5/c1-12-9-24(10-14(12)7-23-19(27)29-3)18-5-4-15(6-17(18)21)25-11-16(30-20(25)28)8-22-13(2)26/h4-6,12,14,16H,7-11H2,1-3H3,(H,22,26)(H,23,27)/t12-,14+,16-/m0/s1. The molecule has 1 aromatic rings. The Kier molecular flexibility index (Phi) is 6.63. The van der Waals surface area contributed by atoms with Gasteiger partial charge in [0.25, 0.3) is 0 Å². The predicted octanol–water partition coefficient (Wildman–Crippen LogP) is 1.72. The summed E-state index contributed by atoms with van der Waals surface area (Å²) in [6.45, 7) is 5.62. The third-order valence-electron chi connectivity index (χ3n) is 5.50. The van der Waals surface area contributed by atoms with Gasteiger partial charge in [-0.1, -0.05) is 6.92 Å². The maximum atomic E-state index is 14.9. The summed E-state index contributed by atoms with van der Waals surface area (Å²) < 4.78 is 24.7. The second-order valence-corrected chi connectivity index (χ2v) is 7.70. The summed E-state index contributed by atoms with van der Waals surface area (Å²) in [5, 5.41) is 5.31. The second kappa shape index (κ2) is 9.19. The summed E-state index contributed by atoms with van der Waals surface area (Å²) in [7, 11) is 1.31. The Balaban J connectivity index is 1.64. The minimum atomic E-state index is -0.568. The van der Waals surface area contributed by atoms with Gasteiger partial charge in [0.2, 0.25) is 5.91 Å². The van der Waals surface area contributed by atoms with Gasteiger partial charge in [-0.2, -0.15) is 0 Å². The number of methoxy groups -OCH3 is 1. The van der Waals surface area contributed by atoms with Crippen molar-refractivity contribution in [1.82, 2.24) is 10.6 Å². The van der Waals surface area contributed by atoms with Crippen molar-refractivity contribution >= 4 is 29.5 Å². The molecule has 0 aromatic heterocycles. The van der Waals surface area contributed by atoms with Crippen LogP contribution in [0.5, 0.6) is 0 Å². The summed E-state index contributed by atoms with van der Waals surface area (Å²) in [5.74, 6) is -0.199. The average Bonchev–Trinajstić information content (AvgIpc) is 3.26. The number of anilines is 2. The monoisotopic (exact) mass is 422 g/mol. The number of rotatable bonds is 6. The third kappa shape index (κ3) is 4.92.